The van der Waals surface area contributed by atoms with Gasteiger partial charge in [-0.15, -0.1) is 0 Å². The van der Waals surface area contributed by atoms with E-state index in [-0.39, 0.29) is 17.9 Å². The molecule has 35 heavy (non-hydrogen) atoms. The lowest BCUT2D eigenvalue weighted by Gasteiger charge is -2.26. The van der Waals surface area contributed by atoms with E-state index in [9.17, 15) is 14.7 Å². The molecule has 180 valence electrons. The van der Waals surface area contributed by atoms with Gasteiger partial charge >= 0.3 is 0 Å². The molecule has 8 nitrogen and oxygen atoms in total. The molecule has 1 aliphatic heterocycles. The zero-order valence-corrected chi connectivity index (χ0v) is 20.0. The summed E-state index contributed by atoms with van der Waals surface area (Å²) in [5.41, 5.74) is 2.49. The lowest BCUT2D eigenvalue weighted by atomic mass is 9.93. The second-order valence-corrected chi connectivity index (χ2v) is 8.13. The standard InChI is InChI=1S/C27H26N2O6/c1-16-12-18(33-2)7-9-20(16)25(30)23-24(21-10-8-19(34-3)13-22(21)35-4)29(27(32)26(23)31)15-17-6-5-11-28-14-17/h5-14,24,30H,15H2,1-4H3/p+1. The lowest BCUT2D eigenvalue weighted by Crippen LogP contribution is -2.29. The smallest absolute Gasteiger partial charge is 0.295 e. The Morgan fingerprint density at radius 3 is 2.34 bits per heavy atom. The number of carbonyl (C=O) groups is 2. The topological polar surface area (TPSA) is 99.4 Å². The molecule has 1 amide bonds. The van der Waals surface area contributed by atoms with Gasteiger partial charge in [0, 0.05) is 28.8 Å². The Kier molecular flexibility index (Phi) is 6.73. The second kappa shape index (κ2) is 9.89. The number of aryl methyl sites for hydroxylation is 1. The van der Waals surface area contributed by atoms with Gasteiger partial charge in [0.2, 0.25) is 0 Å². The van der Waals surface area contributed by atoms with E-state index in [4.69, 9.17) is 14.2 Å². The largest absolute Gasteiger partial charge is 0.507 e. The van der Waals surface area contributed by atoms with Crippen molar-refractivity contribution in [2.45, 2.75) is 19.5 Å². The number of aliphatic hydroxyl groups excluding tert-OH is 1. The van der Waals surface area contributed by atoms with Crippen molar-refractivity contribution < 1.29 is 33.9 Å². The summed E-state index contributed by atoms with van der Waals surface area (Å²) in [5, 5.41) is 11.4. The monoisotopic (exact) mass is 475 g/mol. The van der Waals surface area contributed by atoms with Gasteiger partial charge in [-0.25, -0.2) is 4.98 Å². The molecular weight excluding hydrogens is 448 g/mol. The van der Waals surface area contributed by atoms with Gasteiger partial charge in [0.05, 0.1) is 39.5 Å². The zero-order valence-electron chi connectivity index (χ0n) is 20.0. The van der Waals surface area contributed by atoms with Crippen molar-refractivity contribution in [2.24, 2.45) is 0 Å². The maximum atomic E-state index is 13.4. The van der Waals surface area contributed by atoms with Crippen molar-refractivity contribution in [1.29, 1.82) is 0 Å². The number of carbonyl (C=O) groups excluding carboxylic acids is 2. The summed E-state index contributed by atoms with van der Waals surface area (Å²) in [6.07, 6.45) is 3.52. The fourth-order valence-electron chi connectivity index (χ4n) is 4.31. The Hall–Kier alpha value is -4.33. The highest BCUT2D eigenvalue weighted by atomic mass is 16.5. The van der Waals surface area contributed by atoms with Crippen LogP contribution in [0.3, 0.4) is 0 Å². The molecule has 1 unspecified atom stereocenters. The number of rotatable bonds is 7. The van der Waals surface area contributed by atoms with E-state index in [0.29, 0.717) is 33.9 Å². The molecule has 2 aromatic carbocycles. The van der Waals surface area contributed by atoms with Gasteiger partial charge in [-0.2, -0.15) is 0 Å². The first-order valence-corrected chi connectivity index (χ1v) is 11.0. The zero-order chi connectivity index (χ0) is 25.1. The van der Waals surface area contributed by atoms with Crippen LogP contribution in [-0.2, 0) is 16.1 Å². The van der Waals surface area contributed by atoms with Crippen molar-refractivity contribution in [1.82, 2.24) is 4.90 Å². The number of benzene rings is 2. The number of pyridine rings is 1. The summed E-state index contributed by atoms with van der Waals surface area (Å²) in [6.45, 7) is 1.95. The van der Waals surface area contributed by atoms with Crippen molar-refractivity contribution in [3.63, 3.8) is 0 Å². The summed E-state index contributed by atoms with van der Waals surface area (Å²) in [5.74, 6) is -0.115. The molecule has 1 aliphatic rings. The third-order valence-corrected chi connectivity index (χ3v) is 6.09. The minimum atomic E-state index is -0.877. The number of aromatic amines is 1. The number of likely N-dealkylation sites (tertiary alicyclic amines) is 1. The Labute approximate surface area is 203 Å². The number of amides is 1. The van der Waals surface area contributed by atoms with E-state index < -0.39 is 17.7 Å². The third-order valence-electron chi connectivity index (χ3n) is 6.09. The van der Waals surface area contributed by atoms with Crippen LogP contribution in [0.1, 0.15) is 28.3 Å². The molecule has 2 N–H and O–H groups in total. The molecule has 2 heterocycles. The number of nitrogens with one attached hydrogen (secondary N) is 1. The number of nitrogens with zero attached hydrogens (tertiary/aromatic N) is 1. The van der Waals surface area contributed by atoms with E-state index in [2.05, 4.69) is 4.98 Å². The Morgan fingerprint density at radius 1 is 1.00 bits per heavy atom. The van der Waals surface area contributed by atoms with Gasteiger partial charge in [-0.3, -0.25) is 9.59 Å². The average molecular weight is 476 g/mol. The molecule has 0 spiro atoms. The first-order valence-electron chi connectivity index (χ1n) is 11.0. The van der Waals surface area contributed by atoms with Crippen molar-refractivity contribution >= 4 is 17.4 Å². The molecule has 1 aromatic heterocycles. The van der Waals surface area contributed by atoms with Gasteiger partial charge in [0.25, 0.3) is 11.7 Å². The summed E-state index contributed by atoms with van der Waals surface area (Å²) in [7, 11) is 4.60. The molecule has 0 aliphatic carbocycles. The van der Waals surface area contributed by atoms with Gasteiger partial charge in [0.1, 0.15) is 23.0 Å². The van der Waals surface area contributed by atoms with Crippen LogP contribution in [-0.4, -0.2) is 43.0 Å². The van der Waals surface area contributed by atoms with Crippen LogP contribution in [0.2, 0.25) is 0 Å². The van der Waals surface area contributed by atoms with Crippen molar-refractivity contribution in [2.75, 3.05) is 21.3 Å². The van der Waals surface area contributed by atoms with E-state index in [1.165, 1.54) is 12.0 Å². The number of aliphatic hydroxyl groups is 1. The number of ether oxygens (including phenoxy) is 3. The molecule has 1 atom stereocenters. The number of ketones is 1. The number of hydrogen-bond donors (Lipinski definition) is 1. The molecule has 0 radical (unpaired) electrons. The molecule has 4 rings (SSSR count). The number of methoxy groups -OCH3 is 3. The molecular formula is C27H27N2O6+. The first-order chi connectivity index (χ1) is 16.9. The predicted molar refractivity (Wildman–Crippen MR) is 128 cm³/mol. The number of hydrogen-bond acceptors (Lipinski definition) is 6. The van der Waals surface area contributed by atoms with Crippen LogP contribution in [0.5, 0.6) is 17.2 Å². The minimum absolute atomic E-state index is 0.00774. The molecule has 0 bridgehead atoms. The van der Waals surface area contributed by atoms with Crippen LogP contribution < -0.4 is 19.2 Å². The van der Waals surface area contributed by atoms with Crippen LogP contribution in [0.4, 0.5) is 0 Å². The third kappa shape index (κ3) is 4.42. The summed E-state index contributed by atoms with van der Waals surface area (Å²) < 4.78 is 16.2. The van der Waals surface area contributed by atoms with Crippen molar-refractivity contribution in [3.8, 4) is 17.2 Å². The van der Waals surface area contributed by atoms with Crippen molar-refractivity contribution in [3.05, 3.63) is 88.8 Å². The Morgan fingerprint density at radius 2 is 1.71 bits per heavy atom. The van der Waals surface area contributed by atoms with E-state index in [1.807, 2.05) is 12.1 Å². The van der Waals surface area contributed by atoms with Gasteiger partial charge < -0.3 is 24.2 Å². The highest BCUT2D eigenvalue weighted by molar-refractivity contribution is 6.46. The quantitative estimate of drug-likeness (QED) is 0.319. The molecule has 8 heteroatoms. The SMILES string of the molecule is COc1ccc(C(O)=C2C(=O)C(=O)N(Cc3ccc[nH+]c3)C2c2ccc(OC)cc2OC)c(C)c1. The molecule has 1 fully saturated rings. The van der Waals surface area contributed by atoms with E-state index >= 15 is 0 Å². The van der Waals surface area contributed by atoms with Crippen LogP contribution in [0, 0.1) is 6.92 Å². The second-order valence-electron chi connectivity index (χ2n) is 8.13. The minimum Gasteiger partial charge on any atom is -0.507 e. The van der Waals surface area contributed by atoms with Crippen LogP contribution >= 0.6 is 0 Å². The van der Waals surface area contributed by atoms with E-state index in [0.717, 1.165) is 5.56 Å². The number of aromatic nitrogens is 1. The maximum absolute atomic E-state index is 13.4. The molecule has 1 saturated heterocycles. The number of Topliss-reactive ketones (excluding diaryl/α,β-unsaturated/α-hetero) is 1. The Balaban J connectivity index is 1.93. The summed E-state index contributed by atoms with van der Waals surface area (Å²) >= 11 is 0. The van der Waals surface area contributed by atoms with E-state index in [1.54, 1.807) is 69.9 Å². The fourth-order valence-corrected chi connectivity index (χ4v) is 4.31. The van der Waals surface area contributed by atoms with Crippen LogP contribution in [0.25, 0.3) is 5.76 Å². The maximum Gasteiger partial charge on any atom is 0.295 e. The highest BCUT2D eigenvalue weighted by Crippen LogP contribution is 2.44. The van der Waals surface area contributed by atoms with Gasteiger partial charge in [-0.05, 0) is 48.9 Å². The summed E-state index contributed by atoms with van der Waals surface area (Å²) in [4.78, 5) is 31.1. The normalized spacial score (nSPS) is 16.9. The predicted octanol–water partition coefficient (Wildman–Crippen LogP) is 3.46. The van der Waals surface area contributed by atoms with Gasteiger partial charge in [-0.1, -0.05) is 0 Å². The lowest BCUT2D eigenvalue weighted by molar-refractivity contribution is -0.378. The number of H-pyrrole nitrogens is 1. The first kappa shape index (κ1) is 23.8. The van der Waals surface area contributed by atoms with Gasteiger partial charge in [0.15, 0.2) is 12.4 Å². The summed E-state index contributed by atoms with van der Waals surface area (Å²) in [6, 6.07) is 13.1. The molecule has 0 saturated carbocycles. The molecule has 3 aromatic rings. The highest BCUT2D eigenvalue weighted by Gasteiger charge is 2.47. The Bertz CT molecular complexity index is 1300. The van der Waals surface area contributed by atoms with Crippen LogP contribution in [0.15, 0.2) is 66.5 Å². The fraction of sp³-hybridized carbons (Fsp3) is 0.222. The average Bonchev–Trinajstić information content (AvgIpc) is 3.13.